The van der Waals surface area contributed by atoms with Gasteiger partial charge >= 0.3 is 0 Å². The standard InChI is InChI=1S/C8H10O2/c9-7-5-3-1-2-4-6-8-10/h3,5-7H,1-2,4H2. The van der Waals surface area contributed by atoms with Crippen molar-refractivity contribution >= 4 is 12.2 Å². The SMILES string of the molecule is O=C=CCCCC=CC=O. The Hall–Kier alpha value is -1.14. The van der Waals surface area contributed by atoms with Gasteiger partial charge in [-0.25, -0.2) is 4.79 Å². The second kappa shape index (κ2) is 7.86. The van der Waals surface area contributed by atoms with E-state index in [-0.39, 0.29) is 0 Å². The van der Waals surface area contributed by atoms with Gasteiger partial charge in [-0.2, -0.15) is 0 Å². The molecule has 0 saturated heterocycles. The van der Waals surface area contributed by atoms with Gasteiger partial charge in [-0.1, -0.05) is 6.08 Å². The van der Waals surface area contributed by atoms with E-state index in [1.165, 1.54) is 12.2 Å². The van der Waals surface area contributed by atoms with Crippen molar-refractivity contribution in [3.63, 3.8) is 0 Å². The first kappa shape index (κ1) is 8.86. The fourth-order valence-electron chi connectivity index (χ4n) is 0.548. The normalized spacial score (nSPS) is 9.20. The van der Waals surface area contributed by atoms with E-state index in [4.69, 9.17) is 0 Å². The number of hydrogen-bond acceptors (Lipinski definition) is 2. The molecule has 0 aromatic heterocycles. The lowest BCUT2D eigenvalue weighted by molar-refractivity contribution is -0.104. The minimum Gasteiger partial charge on any atom is -0.299 e. The van der Waals surface area contributed by atoms with E-state index < -0.39 is 0 Å². The van der Waals surface area contributed by atoms with Crippen LogP contribution in [0.3, 0.4) is 0 Å². The molecule has 0 fully saturated rings. The molecule has 0 rings (SSSR count). The van der Waals surface area contributed by atoms with E-state index in [2.05, 4.69) is 0 Å². The molecule has 0 heterocycles. The molecule has 0 amide bonds. The number of aldehydes is 1. The predicted octanol–water partition coefficient (Wildman–Crippen LogP) is 1.30. The molecule has 0 aliphatic heterocycles. The quantitative estimate of drug-likeness (QED) is 0.248. The smallest absolute Gasteiger partial charge is 0.142 e. The third kappa shape index (κ3) is 6.86. The van der Waals surface area contributed by atoms with Crippen LogP contribution in [-0.2, 0) is 9.59 Å². The van der Waals surface area contributed by atoms with Gasteiger partial charge in [-0.15, -0.1) is 0 Å². The molecule has 2 heteroatoms. The molecule has 0 saturated carbocycles. The maximum atomic E-state index is 9.74. The molecule has 0 aliphatic carbocycles. The first-order chi connectivity index (χ1) is 4.91. The third-order valence-electron chi connectivity index (χ3n) is 1.02. The highest BCUT2D eigenvalue weighted by Crippen LogP contribution is 1.95. The Balaban J connectivity index is 3.12. The van der Waals surface area contributed by atoms with Crippen LogP contribution in [0.15, 0.2) is 18.2 Å². The van der Waals surface area contributed by atoms with Gasteiger partial charge in [0.2, 0.25) is 0 Å². The summed E-state index contributed by atoms with van der Waals surface area (Å²) in [5.74, 6) is 1.69. The van der Waals surface area contributed by atoms with Gasteiger partial charge in [0.25, 0.3) is 0 Å². The van der Waals surface area contributed by atoms with Gasteiger partial charge in [0.1, 0.15) is 12.2 Å². The molecule has 0 bridgehead atoms. The van der Waals surface area contributed by atoms with E-state index in [1.54, 1.807) is 12.0 Å². The highest BCUT2D eigenvalue weighted by atomic mass is 16.1. The molecular weight excluding hydrogens is 128 g/mol. The number of allylic oxidation sites excluding steroid dienone is 3. The van der Waals surface area contributed by atoms with Crippen LogP contribution in [-0.4, -0.2) is 12.2 Å². The van der Waals surface area contributed by atoms with Crippen LogP contribution in [0.2, 0.25) is 0 Å². The minimum atomic E-state index is 0.743. The average molecular weight is 138 g/mol. The minimum absolute atomic E-state index is 0.743. The van der Waals surface area contributed by atoms with E-state index >= 15 is 0 Å². The lowest BCUT2D eigenvalue weighted by Crippen LogP contribution is -1.69. The predicted molar refractivity (Wildman–Crippen MR) is 39.3 cm³/mol. The summed E-state index contributed by atoms with van der Waals surface area (Å²) < 4.78 is 0. The molecule has 2 nitrogen and oxygen atoms in total. The molecular formula is C8H10O2. The second-order valence-electron chi connectivity index (χ2n) is 1.82. The first-order valence-electron chi connectivity index (χ1n) is 3.21. The summed E-state index contributed by atoms with van der Waals surface area (Å²) >= 11 is 0. The Morgan fingerprint density at radius 2 is 2.10 bits per heavy atom. The molecule has 0 unspecified atom stereocenters. The Morgan fingerprint density at radius 1 is 1.30 bits per heavy atom. The van der Waals surface area contributed by atoms with Crippen LogP contribution in [0.4, 0.5) is 0 Å². The fourth-order valence-corrected chi connectivity index (χ4v) is 0.548. The van der Waals surface area contributed by atoms with E-state index in [0.29, 0.717) is 0 Å². The van der Waals surface area contributed by atoms with Crippen molar-refractivity contribution < 1.29 is 9.59 Å². The van der Waals surface area contributed by atoms with Crippen molar-refractivity contribution in [1.29, 1.82) is 0 Å². The van der Waals surface area contributed by atoms with Gasteiger partial charge in [-0.05, 0) is 31.4 Å². The van der Waals surface area contributed by atoms with Crippen LogP contribution in [0, 0.1) is 0 Å². The van der Waals surface area contributed by atoms with E-state index in [1.807, 2.05) is 0 Å². The molecule has 54 valence electrons. The number of hydrogen-bond donors (Lipinski definition) is 0. The summed E-state index contributed by atoms with van der Waals surface area (Å²) in [4.78, 5) is 19.4. The van der Waals surface area contributed by atoms with Crippen molar-refractivity contribution in [3.8, 4) is 0 Å². The topological polar surface area (TPSA) is 34.1 Å². The molecule has 0 radical (unpaired) electrons. The van der Waals surface area contributed by atoms with Crippen molar-refractivity contribution in [1.82, 2.24) is 0 Å². The van der Waals surface area contributed by atoms with E-state index in [9.17, 15) is 9.59 Å². The van der Waals surface area contributed by atoms with Crippen LogP contribution in [0.5, 0.6) is 0 Å². The van der Waals surface area contributed by atoms with Crippen molar-refractivity contribution in [3.05, 3.63) is 18.2 Å². The molecule has 0 aliphatic rings. The Kier molecular flexibility index (Phi) is 6.96. The van der Waals surface area contributed by atoms with Crippen molar-refractivity contribution in [2.75, 3.05) is 0 Å². The summed E-state index contributed by atoms with van der Waals surface area (Å²) in [5.41, 5.74) is 0. The zero-order chi connectivity index (χ0) is 7.66. The average Bonchev–Trinajstić information content (AvgIpc) is 1.97. The van der Waals surface area contributed by atoms with Crippen molar-refractivity contribution in [2.45, 2.75) is 19.3 Å². The van der Waals surface area contributed by atoms with Gasteiger partial charge in [-0.3, -0.25) is 4.79 Å². The largest absolute Gasteiger partial charge is 0.299 e. The molecule has 0 aromatic carbocycles. The summed E-state index contributed by atoms with van der Waals surface area (Å²) in [6, 6.07) is 0. The number of carbonyl (C=O) groups is 1. The molecule has 0 spiro atoms. The molecule has 0 aromatic rings. The highest BCUT2D eigenvalue weighted by Gasteiger charge is 1.78. The van der Waals surface area contributed by atoms with E-state index in [0.717, 1.165) is 25.5 Å². The zero-order valence-corrected chi connectivity index (χ0v) is 5.75. The lowest BCUT2D eigenvalue weighted by Gasteiger charge is -1.84. The second-order valence-corrected chi connectivity index (χ2v) is 1.82. The van der Waals surface area contributed by atoms with Gasteiger partial charge in [0.15, 0.2) is 0 Å². The zero-order valence-electron chi connectivity index (χ0n) is 5.75. The Morgan fingerprint density at radius 3 is 2.70 bits per heavy atom. The van der Waals surface area contributed by atoms with Crippen LogP contribution < -0.4 is 0 Å². The van der Waals surface area contributed by atoms with Gasteiger partial charge in [0, 0.05) is 0 Å². The summed E-state index contributed by atoms with van der Waals surface area (Å²) in [6.45, 7) is 0. The van der Waals surface area contributed by atoms with Gasteiger partial charge in [0.05, 0.1) is 0 Å². The van der Waals surface area contributed by atoms with Crippen LogP contribution in [0.25, 0.3) is 0 Å². The fraction of sp³-hybridized carbons (Fsp3) is 0.375. The summed E-state index contributed by atoms with van der Waals surface area (Å²) in [6.07, 6.45) is 7.93. The Bertz CT molecular complexity index is 153. The summed E-state index contributed by atoms with van der Waals surface area (Å²) in [7, 11) is 0. The number of rotatable bonds is 5. The molecule has 10 heavy (non-hydrogen) atoms. The molecule has 0 atom stereocenters. The number of carbonyl (C=O) groups excluding carboxylic acids is 2. The maximum absolute atomic E-state index is 9.74. The first-order valence-corrected chi connectivity index (χ1v) is 3.21. The highest BCUT2D eigenvalue weighted by molar-refractivity contribution is 5.64. The number of unbranched alkanes of at least 4 members (excludes halogenated alkanes) is 2. The van der Waals surface area contributed by atoms with Gasteiger partial charge < -0.3 is 0 Å². The van der Waals surface area contributed by atoms with Crippen LogP contribution in [0.1, 0.15) is 19.3 Å². The molecule has 0 N–H and O–H groups in total. The lowest BCUT2D eigenvalue weighted by atomic mass is 10.2. The van der Waals surface area contributed by atoms with Crippen LogP contribution >= 0.6 is 0 Å². The maximum Gasteiger partial charge on any atom is 0.142 e. The third-order valence-corrected chi connectivity index (χ3v) is 1.02. The Labute approximate surface area is 60.2 Å². The summed E-state index contributed by atoms with van der Waals surface area (Å²) in [5, 5.41) is 0. The van der Waals surface area contributed by atoms with Crippen molar-refractivity contribution in [2.24, 2.45) is 0 Å². The monoisotopic (exact) mass is 138 g/mol.